The van der Waals surface area contributed by atoms with Crippen LogP contribution in [0.3, 0.4) is 0 Å². The lowest BCUT2D eigenvalue weighted by Crippen LogP contribution is -2.31. The smallest absolute Gasteiger partial charge is 0.222 e. The van der Waals surface area contributed by atoms with Crippen molar-refractivity contribution >= 4 is 5.91 Å². The topological polar surface area (TPSA) is 51.0 Å². The number of nitrogens with zero attached hydrogens (tertiary/aromatic N) is 4. The third-order valence-electron chi connectivity index (χ3n) is 6.26. The molecule has 0 aromatic carbocycles. The molecule has 1 unspecified atom stereocenters. The van der Waals surface area contributed by atoms with Gasteiger partial charge in [0.15, 0.2) is 0 Å². The highest BCUT2D eigenvalue weighted by Crippen LogP contribution is 2.29. The first kappa shape index (κ1) is 18.2. The van der Waals surface area contributed by atoms with E-state index in [2.05, 4.69) is 26.4 Å². The number of carbonyl (C=O) groups excluding carboxylic acids is 1. The van der Waals surface area contributed by atoms with Gasteiger partial charge in [-0.15, -0.1) is 0 Å². The van der Waals surface area contributed by atoms with Gasteiger partial charge in [0.25, 0.3) is 0 Å². The van der Waals surface area contributed by atoms with Crippen LogP contribution in [0.5, 0.6) is 0 Å². The van der Waals surface area contributed by atoms with Crippen LogP contribution in [-0.4, -0.2) is 38.4 Å². The van der Waals surface area contributed by atoms with E-state index < -0.39 is 0 Å². The molecular weight excluding hydrogens is 336 g/mol. The Hall–Kier alpha value is -2.17. The first-order chi connectivity index (χ1) is 13.2. The third-order valence-corrected chi connectivity index (χ3v) is 6.26. The summed E-state index contributed by atoms with van der Waals surface area (Å²) in [6.07, 6.45) is 13.9. The molecule has 1 saturated carbocycles. The molecule has 1 aliphatic heterocycles. The number of hydrogen-bond donors (Lipinski definition) is 0. The fourth-order valence-electron chi connectivity index (χ4n) is 4.66. The molecule has 0 spiro atoms. The molecule has 1 saturated heterocycles. The van der Waals surface area contributed by atoms with Gasteiger partial charge in [-0.3, -0.25) is 9.78 Å². The monoisotopic (exact) mass is 366 g/mol. The molecule has 3 heterocycles. The van der Waals surface area contributed by atoms with E-state index in [4.69, 9.17) is 0 Å². The second-order valence-corrected chi connectivity index (χ2v) is 8.27. The van der Waals surface area contributed by atoms with E-state index in [1.54, 1.807) is 0 Å². The molecule has 144 valence electrons. The third kappa shape index (κ3) is 4.23. The average molecular weight is 367 g/mol. The number of hydrogen-bond acceptors (Lipinski definition) is 3. The molecule has 2 aromatic rings. The van der Waals surface area contributed by atoms with E-state index in [0.717, 1.165) is 43.9 Å². The van der Waals surface area contributed by atoms with E-state index in [1.807, 2.05) is 30.7 Å². The van der Waals surface area contributed by atoms with Crippen molar-refractivity contribution in [3.8, 4) is 11.4 Å². The van der Waals surface area contributed by atoms with Crippen molar-refractivity contribution in [3.63, 3.8) is 0 Å². The number of rotatable bonds is 5. The molecule has 5 heteroatoms. The maximum Gasteiger partial charge on any atom is 0.222 e. The van der Waals surface area contributed by atoms with Crippen LogP contribution in [0.4, 0.5) is 0 Å². The molecule has 1 amide bonds. The molecule has 2 fully saturated rings. The molecule has 0 bridgehead atoms. The lowest BCUT2D eigenvalue weighted by molar-refractivity contribution is -0.131. The SMILES string of the molecule is Cc1cnc(-c2ccncc2)n1CC1CCN(C(=O)CC2CCCCC2)C1. The maximum absolute atomic E-state index is 12.7. The number of likely N-dealkylation sites (tertiary alicyclic amines) is 1. The van der Waals surface area contributed by atoms with E-state index in [9.17, 15) is 4.79 Å². The zero-order valence-electron chi connectivity index (χ0n) is 16.3. The predicted molar refractivity (Wildman–Crippen MR) is 106 cm³/mol. The van der Waals surface area contributed by atoms with Gasteiger partial charge in [0.1, 0.15) is 5.82 Å². The summed E-state index contributed by atoms with van der Waals surface area (Å²) in [4.78, 5) is 23.5. The van der Waals surface area contributed by atoms with Crippen molar-refractivity contribution in [3.05, 3.63) is 36.4 Å². The quantitative estimate of drug-likeness (QED) is 0.801. The minimum absolute atomic E-state index is 0.376. The summed E-state index contributed by atoms with van der Waals surface area (Å²) < 4.78 is 2.30. The highest BCUT2D eigenvalue weighted by molar-refractivity contribution is 5.76. The Morgan fingerprint density at radius 1 is 1.11 bits per heavy atom. The molecular formula is C22H30N4O. The van der Waals surface area contributed by atoms with Crippen molar-refractivity contribution in [1.82, 2.24) is 19.4 Å². The fraction of sp³-hybridized carbons (Fsp3) is 0.591. The van der Waals surface area contributed by atoms with Gasteiger partial charge < -0.3 is 9.47 Å². The number of imidazole rings is 1. The molecule has 4 rings (SSSR count). The lowest BCUT2D eigenvalue weighted by Gasteiger charge is -2.24. The number of aromatic nitrogens is 3. The number of aryl methyl sites for hydroxylation is 1. The summed E-state index contributed by atoms with van der Waals surface area (Å²) in [5, 5.41) is 0. The van der Waals surface area contributed by atoms with Gasteiger partial charge >= 0.3 is 0 Å². The zero-order valence-corrected chi connectivity index (χ0v) is 16.3. The minimum Gasteiger partial charge on any atom is -0.342 e. The Labute approximate surface area is 161 Å². The van der Waals surface area contributed by atoms with E-state index in [1.165, 1.54) is 37.8 Å². The van der Waals surface area contributed by atoms with E-state index >= 15 is 0 Å². The normalized spacial score (nSPS) is 20.9. The molecule has 2 aliphatic rings. The van der Waals surface area contributed by atoms with Gasteiger partial charge in [0.05, 0.1) is 0 Å². The van der Waals surface area contributed by atoms with Crippen LogP contribution in [0.1, 0.15) is 50.6 Å². The minimum atomic E-state index is 0.376. The molecule has 27 heavy (non-hydrogen) atoms. The lowest BCUT2D eigenvalue weighted by atomic mass is 9.87. The van der Waals surface area contributed by atoms with Crippen LogP contribution in [-0.2, 0) is 11.3 Å². The van der Waals surface area contributed by atoms with Crippen LogP contribution in [0, 0.1) is 18.8 Å². The van der Waals surface area contributed by atoms with Crippen LogP contribution in [0.15, 0.2) is 30.7 Å². The van der Waals surface area contributed by atoms with Gasteiger partial charge in [0.2, 0.25) is 5.91 Å². The maximum atomic E-state index is 12.7. The van der Waals surface area contributed by atoms with Crippen molar-refractivity contribution in [2.24, 2.45) is 11.8 Å². The van der Waals surface area contributed by atoms with Crippen molar-refractivity contribution in [1.29, 1.82) is 0 Å². The number of pyridine rings is 1. The summed E-state index contributed by atoms with van der Waals surface area (Å²) in [5.74, 6) is 2.51. The Bertz CT molecular complexity index is 764. The van der Waals surface area contributed by atoms with Gasteiger partial charge in [0, 0.05) is 55.9 Å². The van der Waals surface area contributed by atoms with Crippen LogP contribution >= 0.6 is 0 Å². The number of amides is 1. The number of carbonyl (C=O) groups is 1. The Balaban J connectivity index is 1.37. The van der Waals surface area contributed by atoms with Crippen molar-refractivity contribution < 1.29 is 4.79 Å². The van der Waals surface area contributed by atoms with E-state index in [-0.39, 0.29) is 0 Å². The van der Waals surface area contributed by atoms with E-state index in [0.29, 0.717) is 17.7 Å². The van der Waals surface area contributed by atoms with Gasteiger partial charge in [-0.2, -0.15) is 0 Å². The summed E-state index contributed by atoms with van der Waals surface area (Å²) >= 11 is 0. The summed E-state index contributed by atoms with van der Waals surface area (Å²) in [6.45, 7) is 4.84. The first-order valence-electron chi connectivity index (χ1n) is 10.4. The largest absolute Gasteiger partial charge is 0.342 e. The molecule has 0 N–H and O–H groups in total. The molecule has 1 atom stereocenters. The Morgan fingerprint density at radius 3 is 2.67 bits per heavy atom. The highest BCUT2D eigenvalue weighted by Gasteiger charge is 2.29. The van der Waals surface area contributed by atoms with Gasteiger partial charge in [-0.25, -0.2) is 4.98 Å². The van der Waals surface area contributed by atoms with Crippen LogP contribution in [0.2, 0.25) is 0 Å². The second-order valence-electron chi connectivity index (χ2n) is 8.27. The summed E-state index contributed by atoms with van der Waals surface area (Å²) in [5.41, 5.74) is 2.27. The fourth-order valence-corrected chi connectivity index (χ4v) is 4.66. The first-order valence-corrected chi connectivity index (χ1v) is 10.4. The summed E-state index contributed by atoms with van der Waals surface area (Å²) in [7, 11) is 0. The molecule has 5 nitrogen and oxygen atoms in total. The Kier molecular flexibility index (Phi) is 5.55. The Morgan fingerprint density at radius 2 is 1.89 bits per heavy atom. The second kappa shape index (κ2) is 8.24. The zero-order chi connectivity index (χ0) is 18.6. The van der Waals surface area contributed by atoms with Crippen LogP contribution < -0.4 is 0 Å². The van der Waals surface area contributed by atoms with Gasteiger partial charge in [-0.05, 0) is 50.2 Å². The van der Waals surface area contributed by atoms with Crippen molar-refractivity contribution in [2.45, 2.75) is 58.4 Å². The van der Waals surface area contributed by atoms with Crippen molar-refractivity contribution in [2.75, 3.05) is 13.1 Å². The highest BCUT2D eigenvalue weighted by atomic mass is 16.2. The van der Waals surface area contributed by atoms with Gasteiger partial charge in [-0.1, -0.05) is 19.3 Å². The average Bonchev–Trinajstić information content (AvgIpc) is 3.31. The molecule has 2 aromatic heterocycles. The predicted octanol–water partition coefficient (Wildman–Crippen LogP) is 4.07. The summed E-state index contributed by atoms with van der Waals surface area (Å²) in [6, 6.07) is 4.01. The molecule has 1 aliphatic carbocycles. The molecule has 0 radical (unpaired) electrons. The van der Waals surface area contributed by atoms with Crippen LogP contribution in [0.25, 0.3) is 11.4 Å². The standard InChI is InChI=1S/C22H30N4O/c1-17-14-24-22(20-7-10-23-11-8-20)26(17)16-19-9-12-25(15-19)21(27)13-18-5-3-2-4-6-18/h7-8,10-11,14,18-19H,2-6,9,12-13,15-16H2,1H3.